The predicted molar refractivity (Wildman–Crippen MR) is 111 cm³/mol. The van der Waals surface area contributed by atoms with Crippen molar-refractivity contribution < 1.29 is 4.79 Å². The van der Waals surface area contributed by atoms with Crippen LogP contribution in [0.4, 0.5) is 0 Å². The molecule has 6 heteroatoms. The van der Waals surface area contributed by atoms with Crippen molar-refractivity contribution in [2.24, 2.45) is 0 Å². The molecule has 0 aliphatic carbocycles. The molecule has 28 heavy (non-hydrogen) atoms. The van der Waals surface area contributed by atoms with Gasteiger partial charge in [0, 0.05) is 6.04 Å². The summed E-state index contributed by atoms with van der Waals surface area (Å²) in [7, 11) is 0. The van der Waals surface area contributed by atoms with Crippen LogP contribution in [0.25, 0.3) is 16.6 Å². The molecule has 3 aromatic rings. The van der Waals surface area contributed by atoms with Crippen molar-refractivity contribution in [3.8, 4) is 5.69 Å². The Morgan fingerprint density at radius 3 is 2.46 bits per heavy atom. The van der Waals surface area contributed by atoms with Gasteiger partial charge in [-0.05, 0) is 62.6 Å². The summed E-state index contributed by atoms with van der Waals surface area (Å²) in [5.41, 5.74) is 2.11. The molecular formula is C22H25N3O3. The molecule has 1 heterocycles. The average Bonchev–Trinajstić information content (AvgIpc) is 2.68. The van der Waals surface area contributed by atoms with Gasteiger partial charge in [0.05, 0.1) is 16.6 Å². The highest BCUT2D eigenvalue weighted by Gasteiger charge is 2.17. The molecule has 3 rings (SSSR count). The maximum atomic E-state index is 13.2. The SMILES string of the molecule is CCC(C)NC(=O)Cn1c(=O)n(-c2ccc(C)c(C)c2)c(=O)c2ccccc21. The molecule has 0 radical (unpaired) electrons. The smallest absolute Gasteiger partial charge is 0.336 e. The van der Waals surface area contributed by atoms with E-state index in [9.17, 15) is 14.4 Å². The summed E-state index contributed by atoms with van der Waals surface area (Å²) in [5, 5.41) is 3.27. The number of hydrogen-bond donors (Lipinski definition) is 1. The quantitative estimate of drug-likeness (QED) is 0.741. The minimum atomic E-state index is -0.522. The van der Waals surface area contributed by atoms with E-state index < -0.39 is 5.69 Å². The maximum Gasteiger partial charge on any atom is 0.336 e. The van der Waals surface area contributed by atoms with Gasteiger partial charge in [-0.2, -0.15) is 0 Å². The first-order valence-electron chi connectivity index (χ1n) is 9.45. The summed E-state index contributed by atoms with van der Waals surface area (Å²) in [6.45, 7) is 7.65. The van der Waals surface area contributed by atoms with E-state index in [1.165, 1.54) is 4.57 Å². The van der Waals surface area contributed by atoms with Crippen molar-refractivity contribution in [1.29, 1.82) is 0 Å². The summed E-state index contributed by atoms with van der Waals surface area (Å²) in [6, 6.07) is 12.3. The lowest BCUT2D eigenvalue weighted by Gasteiger charge is -2.16. The zero-order valence-corrected chi connectivity index (χ0v) is 16.7. The van der Waals surface area contributed by atoms with Crippen molar-refractivity contribution in [2.75, 3.05) is 0 Å². The topological polar surface area (TPSA) is 73.1 Å². The van der Waals surface area contributed by atoms with Crippen LogP contribution in [0.15, 0.2) is 52.1 Å². The van der Waals surface area contributed by atoms with E-state index in [0.29, 0.717) is 16.6 Å². The van der Waals surface area contributed by atoms with E-state index in [1.54, 1.807) is 30.3 Å². The van der Waals surface area contributed by atoms with Gasteiger partial charge >= 0.3 is 5.69 Å². The van der Waals surface area contributed by atoms with Crippen LogP contribution in [-0.4, -0.2) is 21.1 Å². The number of aromatic nitrogens is 2. The molecule has 146 valence electrons. The number of fused-ring (bicyclic) bond motifs is 1. The first-order valence-corrected chi connectivity index (χ1v) is 9.45. The monoisotopic (exact) mass is 379 g/mol. The van der Waals surface area contributed by atoms with Crippen LogP contribution in [0.5, 0.6) is 0 Å². The molecular weight excluding hydrogens is 354 g/mol. The second-order valence-corrected chi connectivity index (χ2v) is 7.17. The van der Waals surface area contributed by atoms with E-state index in [1.807, 2.05) is 39.8 Å². The van der Waals surface area contributed by atoms with Gasteiger partial charge in [-0.1, -0.05) is 25.1 Å². The number of amides is 1. The van der Waals surface area contributed by atoms with Gasteiger partial charge < -0.3 is 5.32 Å². The summed E-state index contributed by atoms with van der Waals surface area (Å²) in [6.07, 6.45) is 0.795. The van der Waals surface area contributed by atoms with Gasteiger partial charge in [0.15, 0.2) is 0 Å². The molecule has 1 aromatic heterocycles. The molecule has 0 saturated heterocycles. The summed E-state index contributed by atoms with van der Waals surface area (Å²) < 4.78 is 2.51. The standard InChI is InChI=1S/C22H25N3O3/c1-5-16(4)23-20(26)13-24-19-9-7-6-8-18(19)21(27)25(22(24)28)17-11-10-14(2)15(3)12-17/h6-12,16H,5,13H2,1-4H3,(H,23,26). The Morgan fingerprint density at radius 2 is 1.79 bits per heavy atom. The highest BCUT2D eigenvalue weighted by atomic mass is 16.2. The van der Waals surface area contributed by atoms with Crippen LogP contribution in [-0.2, 0) is 11.3 Å². The Labute approximate surface area is 163 Å². The maximum absolute atomic E-state index is 13.2. The van der Waals surface area contributed by atoms with E-state index in [2.05, 4.69) is 5.32 Å². The first-order chi connectivity index (χ1) is 13.3. The molecule has 1 amide bonds. The second kappa shape index (κ2) is 7.84. The van der Waals surface area contributed by atoms with Crippen LogP contribution >= 0.6 is 0 Å². The van der Waals surface area contributed by atoms with E-state index >= 15 is 0 Å². The van der Waals surface area contributed by atoms with Crippen molar-refractivity contribution in [2.45, 2.75) is 46.7 Å². The van der Waals surface area contributed by atoms with Crippen molar-refractivity contribution in [3.63, 3.8) is 0 Å². The lowest BCUT2D eigenvalue weighted by Crippen LogP contribution is -2.43. The fraction of sp³-hybridized carbons (Fsp3) is 0.318. The van der Waals surface area contributed by atoms with Crippen LogP contribution in [0.1, 0.15) is 31.4 Å². The normalized spacial score (nSPS) is 12.1. The Kier molecular flexibility index (Phi) is 5.49. The molecule has 0 saturated carbocycles. The highest BCUT2D eigenvalue weighted by Crippen LogP contribution is 2.14. The summed E-state index contributed by atoms with van der Waals surface area (Å²) in [4.78, 5) is 38.7. The van der Waals surface area contributed by atoms with Crippen LogP contribution in [0.3, 0.4) is 0 Å². The number of hydrogen-bond acceptors (Lipinski definition) is 3. The number of aryl methyl sites for hydroxylation is 2. The average molecular weight is 379 g/mol. The predicted octanol–water partition coefficient (Wildman–Crippen LogP) is 2.68. The zero-order valence-electron chi connectivity index (χ0n) is 16.7. The van der Waals surface area contributed by atoms with Crippen molar-refractivity contribution in [3.05, 3.63) is 74.4 Å². The molecule has 1 atom stereocenters. The number of rotatable bonds is 5. The Morgan fingerprint density at radius 1 is 1.07 bits per heavy atom. The molecule has 6 nitrogen and oxygen atoms in total. The summed E-state index contributed by atoms with van der Waals surface area (Å²) >= 11 is 0. The molecule has 1 N–H and O–H groups in total. The molecule has 2 aromatic carbocycles. The lowest BCUT2D eigenvalue weighted by molar-refractivity contribution is -0.122. The molecule has 0 bridgehead atoms. The minimum Gasteiger partial charge on any atom is -0.352 e. The molecule has 0 aliphatic heterocycles. The fourth-order valence-corrected chi connectivity index (χ4v) is 3.13. The third-order valence-electron chi connectivity index (χ3n) is 5.12. The molecule has 0 fully saturated rings. The highest BCUT2D eigenvalue weighted by molar-refractivity contribution is 5.82. The second-order valence-electron chi connectivity index (χ2n) is 7.17. The number of nitrogens with zero attached hydrogens (tertiary/aromatic N) is 2. The Hall–Kier alpha value is -3.15. The molecule has 1 unspecified atom stereocenters. The third kappa shape index (κ3) is 3.63. The van der Waals surface area contributed by atoms with Crippen molar-refractivity contribution in [1.82, 2.24) is 14.5 Å². The van der Waals surface area contributed by atoms with Crippen molar-refractivity contribution >= 4 is 16.8 Å². The van der Waals surface area contributed by atoms with Gasteiger partial charge in [-0.15, -0.1) is 0 Å². The summed E-state index contributed by atoms with van der Waals surface area (Å²) in [5.74, 6) is -0.258. The van der Waals surface area contributed by atoms with E-state index in [4.69, 9.17) is 0 Å². The largest absolute Gasteiger partial charge is 0.352 e. The van der Waals surface area contributed by atoms with E-state index in [-0.39, 0.29) is 24.1 Å². The minimum absolute atomic E-state index is 0.0140. The number of carbonyl (C=O) groups is 1. The van der Waals surface area contributed by atoms with Gasteiger partial charge in [0.2, 0.25) is 5.91 Å². The fourth-order valence-electron chi connectivity index (χ4n) is 3.13. The number of benzene rings is 2. The Bertz CT molecular complexity index is 1160. The first kappa shape index (κ1) is 19.6. The molecule has 0 aliphatic rings. The van der Waals surface area contributed by atoms with Gasteiger partial charge in [-0.3, -0.25) is 14.2 Å². The number of nitrogens with one attached hydrogen (secondary N) is 1. The van der Waals surface area contributed by atoms with Gasteiger partial charge in [-0.25, -0.2) is 9.36 Å². The van der Waals surface area contributed by atoms with Crippen LogP contribution in [0, 0.1) is 13.8 Å². The van der Waals surface area contributed by atoms with E-state index in [0.717, 1.165) is 22.1 Å². The Balaban J connectivity index is 2.23. The third-order valence-corrected chi connectivity index (χ3v) is 5.12. The van der Waals surface area contributed by atoms with Gasteiger partial charge in [0.1, 0.15) is 6.54 Å². The lowest BCUT2D eigenvalue weighted by atomic mass is 10.1. The molecule has 0 spiro atoms. The zero-order chi connectivity index (χ0) is 20.4. The number of para-hydroxylation sites is 1. The van der Waals surface area contributed by atoms with Gasteiger partial charge in [0.25, 0.3) is 5.56 Å². The number of carbonyl (C=O) groups excluding carboxylic acids is 1. The van der Waals surface area contributed by atoms with Crippen LogP contribution in [0.2, 0.25) is 0 Å². The van der Waals surface area contributed by atoms with Crippen LogP contribution < -0.4 is 16.6 Å².